The summed E-state index contributed by atoms with van der Waals surface area (Å²) in [5.41, 5.74) is 2.24. The van der Waals surface area contributed by atoms with Crippen LogP contribution in [0, 0.1) is 0 Å². The summed E-state index contributed by atoms with van der Waals surface area (Å²) in [5.74, 6) is 0. The van der Waals surface area contributed by atoms with E-state index >= 15 is 0 Å². The Bertz CT molecular complexity index is 725. The van der Waals surface area contributed by atoms with E-state index in [9.17, 15) is 0 Å². The van der Waals surface area contributed by atoms with E-state index in [1.165, 1.54) is 10.3 Å². The average Bonchev–Trinajstić information content (AvgIpc) is 2.48. The fraction of sp³-hybridized carbons (Fsp3) is 0.0625. The fourth-order valence-electron chi connectivity index (χ4n) is 2.26. The molecule has 3 heteroatoms. The molecule has 0 bridgehead atoms. The maximum absolute atomic E-state index is 6.41. The highest BCUT2D eigenvalue weighted by Gasteiger charge is 2.11. The molecular weight excluding hydrogens is 274 g/mol. The third kappa shape index (κ3) is 2.22. The topological polar surface area (TPSA) is 12.9 Å². The summed E-state index contributed by atoms with van der Waals surface area (Å²) in [6.07, 6.45) is 5.75. The molecule has 0 aliphatic rings. The number of hydrogen-bond donors (Lipinski definition) is 0. The van der Waals surface area contributed by atoms with Gasteiger partial charge >= 0.3 is 0 Å². The lowest BCUT2D eigenvalue weighted by Gasteiger charge is -2.12. The molecule has 0 fully saturated rings. The van der Waals surface area contributed by atoms with Crippen LogP contribution in [0.15, 0.2) is 59.8 Å². The average molecular weight is 286 g/mol. The standard InChI is InChI=1S/C16H12ClNS/c1-19-16-13-7-3-2-6-12(13)15(17)9-14(16)11-5-4-8-18-10-11/h2-10H,1H3. The quantitative estimate of drug-likeness (QED) is 0.594. The van der Waals surface area contributed by atoms with Crippen molar-refractivity contribution in [2.75, 3.05) is 6.26 Å². The van der Waals surface area contributed by atoms with Gasteiger partial charge in [0.2, 0.25) is 0 Å². The summed E-state index contributed by atoms with van der Waals surface area (Å²) in [5, 5.41) is 3.08. The highest BCUT2D eigenvalue weighted by atomic mass is 35.5. The Hall–Kier alpha value is -1.51. The van der Waals surface area contributed by atoms with Crippen LogP contribution < -0.4 is 0 Å². The van der Waals surface area contributed by atoms with Gasteiger partial charge < -0.3 is 0 Å². The molecule has 0 N–H and O–H groups in total. The lowest BCUT2D eigenvalue weighted by Crippen LogP contribution is -1.87. The predicted octanol–water partition coefficient (Wildman–Crippen LogP) is 5.28. The largest absolute Gasteiger partial charge is 0.264 e. The molecule has 0 spiro atoms. The van der Waals surface area contributed by atoms with Gasteiger partial charge in [-0.3, -0.25) is 4.98 Å². The molecule has 94 valence electrons. The zero-order valence-electron chi connectivity index (χ0n) is 10.4. The molecule has 3 aromatic rings. The first-order valence-electron chi connectivity index (χ1n) is 5.97. The molecule has 0 aliphatic carbocycles. The first-order chi connectivity index (χ1) is 9.31. The van der Waals surface area contributed by atoms with Gasteiger partial charge in [0.1, 0.15) is 0 Å². The summed E-state index contributed by atoms with van der Waals surface area (Å²) < 4.78 is 0. The summed E-state index contributed by atoms with van der Waals surface area (Å²) in [4.78, 5) is 5.44. The Kier molecular flexibility index (Phi) is 3.45. The van der Waals surface area contributed by atoms with E-state index in [4.69, 9.17) is 11.6 Å². The van der Waals surface area contributed by atoms with Gasteiger partial charge in [-0.2, -0.15) is 0 Å². The normalized spacial score (nSPS) is 10.8. The molecule has 19 heavy (non-hydrogen) atoms. The molecule has 1 heterocycles. The van der Waals surface area contributed by atoms with Crippen LogP contribution >= 0.6 is 23.4 Å². The van der Waals surface area contributed by atoms with Gasteiger partial charge in [-0.1, -0.05) is 41.9 Å². The minimum Gasteiger partial charge on any atom is -0.264 e. The van der Waals surface area contributed by atoms with E-state index in [-0.39, 0.29) is 0 Å². The van der Waals surface area contributed by atoms with Crippen LogP contribution in [0.3, 0.4) is 0 Å². The summed E-state index contributed by atoms with van der Waals surface area (Å²) in [7, 11) is 0. The van der Waals surface area contributed by atoms with Crippen molar-refractivity contribution in [2.24, 2.45) is 0 Å². The second-order valence-corrected chi connectivity index (χ2v) is 5.45. The first-order valence-corrected chi connectivity index (χ1v) is 7.57. The van der Waals surface area contributed by atoms with Crippen molar-refractivity contribution in [3.8, 4) is 11.1 Å². The Morgan fingerprint density at radius 1 is 1.05 bits per heavy atom. The Balaban J connectivity index is 2.37. The van der Waals surface area contributed by atoms with E-state index in [0.717, 1.165) is 21.5 Å². The van der Waals surface area contributed by atoms with Crippen molar-refractivity contribution < 1.29 is 0 Å². The Morgan fingerprint density at radius 3 is 2.53 bits per heavy atom. The van der Waals surface area contributed by atoms with Crippen LogP contribution in [0.1, 0.15) is 0 Å². The van der Waals surface area contributed by atoms with E-state index in [2.05, 4.69) is 29.4 Å². The molecule has 0 amide bonds. The van der Waals surface area contributed by atoms with Crippen LogP contribution in [-0.4, -0.2) is 11.2 Å². The third-order valence-electron chi connectivity index (χ3n) is 3.12. The first kappa shape index (κ1) is 12.5. The molecule has 0 saturated carbocycles. The van der Waals surface area contributed by atoms with Gasteiger partial charge in [-0.15, -0.1) is 11.8 Å². The molecule has 0 saturated heterocycles. The smallest absolute Gasteiger partial charge is 0.0491 e. The zero-order chi connectivity index (χ0) is 13.2. The van der Waals surface area contributed by atoms with Gasteiger partial charge in [-0.25, -0.2) is 0 Å². The third-order valence-corrected chi connectivity index (χ3v) is 4.28. The molecule has 1 aromatic heterocycles. The van der Waals surface area contributed by atoms with Crippen molar-refractivity contribution >= 4 is 34.1 Å². The SMILES string of the molecule is CSc1c(-c2cccnc2)cc(Cl)c2ccccc12. The van der Waals surface area contributed by atoms with Crippen molar-refractivity contribution in [1.82, 2.24) is 4.98 Å². The number of fused-ring (bicyclic) bond motifs is 1. The number of aromatic nitrogens is 1. The van der Waals surface area contributed by atoms with Crippen LogP contribution in [0.25, 0.3) is 21.9 Å². The van der Waals surface area contributed by atoms with Gasteiger partial charge in [-0.05, 0) is 29.3 Å². The fourth-order valence-corrected chi connectivity index (χ4v) is 3.33. The molecule has 2 aromatic carbocycles. The Morgan fingerprint density at radius 2 is 1.84 bits per heavy atom. The lowest BCUT2D eigenvalue weighted by atomic mass is 10.0. The van der Waals surface area contributed by atoms with Gasteiger partial charge in [0.25, 0.3) is 0 Å². The highest BCUT2D eigenvalue weighted by molar-refractivity contribution is 7.99. The van der Waals surface area contributed by atoms with E-state index < -0.39 is 0 Å². The van der Waals surface area contributed by atoms with Crippen LogP contribution in [0.2, 0.25) is 5.02 Å². The van der Waals surface area contributed by atoms with Gasteiger partial charge in [0, 0.05) is 33.3 Å². The number of nitrogens with zero attached hydrogens (tertiary/aromatic N) is 1. The molecule has 0 atom stereocenters. The summed E-state index contributed by atoms with van der Waals surface area (Å²) in [6, 6.07) is 14.3. The van der Waals surface area contributed by atoms with E-state index in [0.29, 0.717) is 0 Å². The minimum atomic E-state index is 0.784. The number of hydrogen-bond acceptors (Lipinski definition) is 2. The number of rotatable bonds is 2. The van der Waals surface area contributed by atoms with Gasteiger partial charge in [0.05, 0.1) is 0 Å². The van der Waals surface area contributed by atoms with Gasteiger partial charge in [0.15, 0.2) is 0 Å². The highest BCUT2D eigenvalue weighted by Crippen LogP contribution is 2.39. The second-order valence-electron chi connectivity index (χ2n) is 4.23. The maximum atomic E-state index is 6.41. The number of pyridine rings is 1. The number of benzene rings is 2. The van der Waals surface area contributed by atoms with E-state index in [1.54, 1.807) is 18.0 Å². The van der Waals surface area contributed by atoms with Crippen LogP contribution in [0.5, 0.6) is 0 Å². The Labute approximate surface area is 121 Å². The molecule has 0 unspecified atom stereocenters. The van der Waals surface area contributed by atoms with E-state index in [1.807, 2.05) is 30.5 Å². The molecule has 0 aliphatic heterocycles. The summed E-state index contributed by atoms with van der Waals surface area (Å²) >= 11 is 8.15. The monoisotopic (exact) mass is 285 g/mol. The molecule has 3 rings (SSSR count). The molecule has 1 nitrogen and oxygen atoms in total. The lowest BCUT2D eigenvalue weighted by molar-refractivity contribution is 1.32. The molecule has 0 radical (unpaired) electrons. The van der Waals surface area contributed by atoms with Crippen molar-refractivity contribution in [1.29, 1.82) is 0 Å². The number of halogens is 1. The maximum Gasteiger partial charge on any atom is 0.0491 e. The van der Waals surface area contributed by atoms with Crippen LogP contribution in [-0.2, 0) is 0 Å². The number of thioether (sulfide) groups is 1. The zero-order valence-corrected chi connectivity index (χ0v) is 12.0. The summed E-state index contributed by atoms with van der Waals surface area (Å²) in [6.45, 7) is 0. The predicted molar refractivity (Wildman–Crippen MR) is 84.0 cm³/mol. The van der Waals surface area contributed by atoms with Crippen molar-refractivity contribution in [3.63, 3.8) is 0 Å². The second kappa shape index (κ2) is 5.24. The molecular formula is C16H12ClNS. The minimum absolute atomic E-state index is 0.784. The van der Waals surface area contributed by atoms with Crippen molar-refractivity contribution in [2.45, 2.75) is 4.90 Å². The van der Waals surface area contributed by atoms with Crippen LogP contribution in [0.4, 0.5) is 0 Å². The van der Waals surface area contributed by atoms with Crippen molar-refractivity contribution in [3.05, 3.63) is 59.9 Å².